The monoisotopic (exact) mass is 282 g/mol. The fourth-order valence-electron chi connectivity index (χ4n) is 3.13. The van der Waals surface area contributed by atoms with Crippen molar-refractivity contribution in [2.75, 3.05) is 13.6 Å². The molecule has 0 radical (unpaired) electrons. The number of likely N-dealkylation sites (N-methyl/N-ethyl adjacent to an activating group) is 1. The highest BCUT2D eigenvalue weighted by molar-refractivity contribution is 5.78. The predicted octanol–water partition coefficient (Wildman–Crippen LogP) is 3.58. The Morgan fingerprint density at radius 2 is 1.90 bits per heavy atom. The third-order valence-corrected chi connectivity index (χ3v) is 4.65. The molecule has 0 saturated heterocycles. The van der Waals surface area contributed by atoms with E-state index < -0.39 is 0 Å². The van der Waals surface area contributed by atoms with Crippen molar-refractivity contribution in [3.05, 3.63) is 0 Å². The van der Waals surface area contributed by atoms with Gasteiger partial charge in [0.1, 0.15) is 0 Å². The molecule has 0 aromatic rings. The maximum atomic E-state index is 12.1. The van der Waals surface area contributed by atoms with Gasteiger partial charge in [0.2, 0.25) is 5.91 Å². The van der Waals surface area contributed by atoms with Crippen molar-refractivity contribution in [1.29, 1.82) is 0 Å². The number of hydrogen-bond acceptors (Lipinski definition) is 2. The quantitative estimate of drug-likeness (QED) is 0.690. The summed E-state index contributed by atoms with van der Waals surface area (Å²) in [4.78, 5) is 14.3. The minimum atomic E-state index is 0.190. The zero-order chi connectivity index (χ0) is 15.0. The number of hydrogen-bond donors (Lipinski definition) is 1. The summed E-state index contributed by atoms with van der Waals surface area (Å²) in [5, 5.41) is 3.14. The standard InChI is InChI=1S/C17H34N2O/c1-5-6-7-8-15(3)18-17(20)13-19(4)16-11-9-14(2)10-12-16/h14-16H,5-13H2,1-4H3,(H,18,20). The average Bonchev–Trinajstić information content (AvgIpc) is 2.39. The molecular formula is C17H34N2O. The highest BCUT2D eigenvalue weighted by atomic mass is 16.2. The normalized spacial score (nSPS) is 24.6. The summed E-state index contributed by atoms with van der Waals surface area (Å²) in [7, 11) is 2.10. The van der Waals surface area contributed by atoms with Crippen LogP contribution in [0.3, 0.4) is 0 Å². The molecule has 0 heterocycles. The van der Waals surface area contributed by atoms with E-state index in [0.717, 1.165) is 12.3 Å². The molecule has 1 aliphatic rings. The highest BCUT2D eigenvalue weighted by Crippen LogP contribution is 2.26. The predicted molar refractivity (Wildman–Crippen MR) is 85.8 cm³/mol. The van der Waals surface area contributed by atoms with Crippen LogP contribution in [0.25, 0.3) is 0 Å². The first kappa shape index (κ1) is 17.5. The minimum absolute atomic E-state index is 0.190. The fourth-order valence-corrected chi connectivity index (χ4v) is 3.13. The van der Waals surface area contributed by atoms with E-state index in [-0.39, 0.29) is 5.91 Å². The van der Waals surface area contributed by atoms with E-state index in [9.17, 15) is 4.79 Å². The molecule has 0 aromatic carbocycles. The van der Waals surface area contributed by atoms with Gasteiger partial charge in [-0.1, -0.05) is 33.1 Å². The molecule has 3 heteroatoms. The molecule has 1 atom stereocenters. The molecule has 1 unspecified atom stereocenters. The molecule has 0 bridgehead atoms. The van der Waals surface area contributed by atoms with Crippen LogP contribution in [0, 0.1) is 5.92 Å². The van der Waals surface area contributed by atoms with Crippen LogP contribution >= 0.6 is 0 Å². The topological polar surface area (TPSA) is 32.3 Å². The summed E-state index contributed by atoms with van der Waals surface area (Å²) in [5.74, 6) is 1.06. The number of nitrogens with zero attached hydrogens (tertiary/aromatic N) is 1. The van der Waals surface area contributed by atoms with Crippen LogP contribution in [0.5, 0.6) is 0 Å². The summed E-state index contributed by atoms with van der Waals surface area (Å²) in [5.41, 5.74) is 0. The Labute approximate surface area is 125 Å². The van der Waals surface area contributed by atoms with E-state index in [1.807, 2.05) is 0 Å². The lowest BCUT2D eigenvalue weighted by atomic mass is 9.87. The molecule has 1 aliphatic carbocycles. The van der Waals surface area contributed by atoms with Gasteiger partial charge in [-0.3, -0.25) is 9.69 Å². The van der Waals surface area contributed by atoms with Crippen LogP contribution in [0.15, 0.2) is 0 Å². The first-order valence-corrected chi connectivity index (χ1v) is 8.52. The second kappa shape index (κ2) is 9.38. The third-order valence-electron chi connectivity index (χ3n) is 4.65. The Hall–Kier alpha value is -0.570. The minimum Gasteiger partial charge on any atom is -0.353 e. The van der Waals surface area contributed by atoms with E-state index >= 15 is 0 Å². The summed E-state index contributed by atoms with van der Waals surface area (Å²) in [6.45, 7) is 7.22. The van der Waals surface area contributed by atoms with Gasteiger partial charge < -0.3 is 5.32 Å². The van der Waals surface area contributed by atoms with Gasteiger partial charge in [-0.2, -0.15) is 0 Å². The van der Waals surface area contributed by atoms with Crippen molar-refractivity contribution in [1.82, 2.24) is 10.2 Å². The van der Waals surface area contributed by atoms with E-state index in [0.29, 0.717) is 18.6 Å². The number of unbranched alkanes of at least 4 members (excludes halogenated alkanes) is 2. The number of rotatable bonds is 8. The first-order chi connectivity index (χ1) is 9.52. The zero-order valence-corrected chi connectivity index (χ0v) is 14.0. The molecule has 0 aromatic heterocycles. The molecule has 0 aliphatic heterocycles. The molecule has 1 rings (SSSR count). The fraction of sp³-hybridized carbons (Fsp3) is 0.941. The van der Waals surface area contributed by atoms with E-state index in [1.165, 1.54) is 44.9 Å². The molecular weight excluding hydrogens is 248 g/mol. The maximum absolute atomic E-state index is 12.1. The molecule has 118 valence electrons. The Bertz CT molecular complexity index is 272. The van der Waals surface area contributed by atoms with Crippen molar-refractivity contribution in [2.45, 2.75) is 84.2 Å². The average molecular weight is 282 g/mol. The second-order valence-corrected chi connectivity index (χ2v) is 6.79. The van der Waals surface area contributed by atoms with Crippen molar-refractivity contribution in [2.24, 2.45) is 5.92 Å². The number of carbonyl (C=O) groups excluding carboxylic acids is 1. The highest BCUT2D eigenvalue weighted by Gasteiger charge is 2.23. The van der Waals surface area contributed by atoms with Crippen LogP contribution in [-0.4, -0.2) is 36.5 Å². The van der Waals surface area contributed by atoms with Crippen molar-refractivity contribution in [3.63, 3.8) is 0 Å². The van der Waals surface area contributed by atoms with Gasteiger partial charge in [0, 0.05) is 12.1 Å². The van der Waals surface area contributed by atoms with Gasteiger partial charge >= 0.3 is 0 Å². The smallest absolute Gasteiger partial charge is 0.234 e. The Morgan fingerprint density at radius 3 is 2.50 bits per heavy atom. The summed E-state index contributed by atoms with van der Waals surface area (Å²) in [6.07, 6.45) is 9.94. The van der Waals surface area contributed by atoms with Crippen molar-refractivity contribution < 1.29 is 4.79 Å². The third kappa shape index (κ3) is 6.74. The zero-order valence-electron chi connectivity index (χ0n) is 14.0. The van der Waals surface area contributed by atoms with E-state index in [2.05, 4.69) is 38.0 Å². The maximum Gasteiger partial charge on any atom is 0.234 e. The molecule has 20 heavy (non-hydrogen) atoms. The van der Waals surface area contributed by atoms with Crippen molar-refractivity contribution in [3.8, 4) is 0 Å². The summed E-state index contributed by atoms with van der Waals surface area (Å²) < 4.78 is 0. The van der Waals surface area contributed by atoms with Gasteiger partial charge in [0.15, 0.2) is 0 Å². The number of nitrogens with one attached hydrogen (secondary N) is 1. The largest absolute Gasteiger partial charge is 0.353 e. The lowest BCUT2D eigenvalue weighted by molar-refractivity contribution is -0.123. The van der Waals surface area contributed by atoms with Gasteiger partial charge in [-0.15, -0.1) is 0 Å². The molecule has 1 N–H and O–H groups in total. The number of amides is 1. The van der Waals surface area contributed by atoms with Crippen LogP contribution in [0.1, 0.15) is 72.1 Å². The second-order valence-electron chi connectivity index (χ2n) is 6.79. The molecule has 1 amide bonds. The lowest BCUT2D eigenvalue weighted by Crippen LogP contribution is -2.44. The van der Waals surface area contributed by atoms with Gasteiger partial charge in [0.25, 0.3) is 0 Å². The lowest BCUT2D eigenvalue weighted by Gasteiger charge is -2.33. The van der Waals surface area contributed by atoms with Gasteiger partial charge in [-0.25, -0.2) is 0 Å². The molecule has 0 spiro atoms. The van der Waals surface area contributed by atoms with Crippen LogP contribution in [-0.2, 0) is 4.79 Å². The summed E-state index contributed by atoms with van der Waals surface area (Å²) >= 11 is 0. The first-order valence-electron chi connectivity index (χ1n) is 8.52. The van der Waals surface area contributed by atoms with E-state index in [1.54, 1.807) is 0 Å². The van der Waals surface area contributed by atoms with Crippen molar-refractivity contribution >= 4 is 5.91 Å². The van der Waals surface area contributed by atoms with Crippen LogP contribution < -0.4 is 5.32 Å². The summed E-state index contributed by atoms with van der Waals surface area (Å²) in [6, 6.07) is 0.918. The molecule has 3 nitrogen and oxygen atoms in total. The Morgan fingerprint density at radius 1 is 1.25 bits per heavy atom. The van der Waals surface area contributed by atoms with Gasteiger partial charge in [-0.05, 0) is 52.0 Å². The Balaban J connectivity index is 2.20. The Kier molecular flexibility index (Phi) is 8.20. The molecule has 1 saturated carbocycles. The van der Waals surface area contributed by atoms with Crippen LogP contribution in [0.4, 0.5) is 0 Å². The molecule has 1 fully saturated rings. The SMILES string of the molecule is CCCCCC(C)NC(=O)CN(C)C1CCC(C)CC1. The number of carbonyl (C=O) groups is 1. The van der Waals surface area contributed by atoms with Crippen LogP contribution in [0.2, 0.25) is 0 Å². The van der Waals surface area contributed by atoms with E-state index in [4.69, 9.17) is 0 Å². The van der Waals surface area contributed by atoms with Gasteiger partial charge in [0.05, 0.1) is 6.54 Å².